The number of nitriles is 1. The van der Waals surface area contributed by atoms with Crippen LogP contribution >= 0.6 is 43.2 Å². The lowest BCUT2D eigenvalue weighted by atomic mass is 10.1. The van der Waals surface area contributed by atoms with Gasteiger partial charge in [0.05, 0.1) is 15.8 Å². The molecule has 5 heteroatoms. The second-order valence-electron chi connectivity index (χ2n) is 3.99. The fourth-order valence-electron chi connectivity index (χ4n) is 2.07. The summed E-state index contributed by atoms with van der Waals surface area (Å²) in [5, 5.41) is 12.5. The highest BCUT2D eigenvalue weighted by Crippen LogP contribution is 2.33. The van der Waals surface area contributed by atoms with Crippen molar-refractivity contribution >= 4 is 43.2 Å². The average molecular weight is 364 g/mol. The van der Waals surface area contributed by atoms with Gasteiger partial charge in [-0.2, -0.15) is 5.26 Å². The number of hydrogen-bond acceptors (Lipinski definition) is 3. The van der Waals surface area contributed by atoms with Gasteiger partial charge in [-0.25, -0.2) is 0 Å². The predicted octanol–water partition coefficient (Wildman–Crippen LogP) is 4.05. The van der Waals surface area contributed by atoms with E-state index in [0.717, 1.165) is 27.6 Å². The van der Waals surface area contributed by atoms with Crippen molar-refractivity contribution in [2.75, 3.05) is 0 Å². The molecule has 16 heavy (non-hydrogen) atoms. The van der Waals surface area contributed by atoms with E-state index in [1.165, 1.54) is 11.3 Å². The number of thiophene rings is 1. The molecule has 1 aromatic heterocycles. The van der Waals surface area contributed by atoms with Crippen LogP contribution in [0.25, 0.3) is 0 Å². The van der Waals surface area contributed by atoms with Crippen LogP contribution in [0.5, 0.6) is 0 Å². The molecule has 1 N–H and O–H groups in total. The molecule has 0 aromatic carbocycles. The molecule has 1 aliphatic carbocycles. The summed E-state index contributed by atoms with van der Waals surface area (Å²) in [5.74, 6) is 0.201. The lowest BCUT2D eigenvalue weighted by Crippen LogP contribution is -2.30. The van der Waals surface area contributed by atoms with E-state index in [0.29, 0.717) is 6.04 Å². The Bertz CT molecular complexity index is 391. The minimum Gasteiger partial charge on any atom is -0.308 e. The van der Waals surface area contributed by atoms with Gasteiger partial charge >= 0.3 is 0 Å². The molecule has 2 rings (SSSR count). The van der Waals surface area contributed by atoms with Crippen LogP contribution in [0, 0.1) is 17.2 Å². The van der Waals surface area contributed by atoms with Gasteiger partial charge in [0, 0.05) is 21.9 Å². The summed E-state index contributed by atoms with van der Waals surface area (Å²) in [4.78, 5) is 1.29. The molecule has 2 nitrogen and oxygen atoms in total. The maximum Gasteiger partial charge on any atom is 0.0843 e. The monoisotopic (exact) mass is 362 g/mol. The van der Waals surface area contributed by atoms with E-state index in [-0.39, 0.29) is 5.92 Å². The standard InChI is InChI=1S/C11H12Br2N2S/c12-9-4-8(16-11(9)13)6-15-10-3-1-2-7(10)5-14/h4,7,10,15H,1-3,6H2. The maximum absolute atomic E-state index is 8.98. The quantitative estimate of drug-likeness (QED) is 0.879. The van der Waals surface area contributed by atoms with Gasteiger partial charge in [-0.15, -0.1) is 11.3 Å². The normalized spacial score (nSPS) is 24.6. The minimum absolute atomic E-state index is 0.201. The summed E-state index contributed by atoms with van der Waals surface area (Å²) in [6, 6.07) is 4.89. The van der Waals surface area contributed by atoms with E-state index in [4.69, 9.17) is 5.26 Å². The van der Waals surface area contributed by atoms with E-state index in [1.54, 1.807) is 11.3 Å². The molecule has 0 radical (unpaired) electrons. The van der Waals surface area contributed by atoms with E-state index >= 15 is 0 Å². The highest BCUT2D eigenvalue weighted by molar-refractivity contribution is 9.13. The van der Waals surface area contributed by atoms with Crippen molar-refractivity contribution in [1.29, 1.82) is 5.26 Å². The third-order valence-electron chi connectivity index (χ3n) is 2.92. The van der Waals surface area contributed by atoms with Crippen molar-refractivity contribution in [3.8, 4) is 6.07 Å². The van der Waals surface area contributed by atoms with E-state index in [2.05, 4.69) is 49.3 Å². The van der Waals surface area contributed by atoms with Crippen molar-refractivity contribution in [2.24, 2.45) is 5.92 Å². The first-order valence-corrected chi connectivity index (χ1v) is 7.67. The third kappa shape index (κ3) is 2.86. The topological polar surface area (TPSA) is 35.8 Å². The van der Waals surface area contributed by atoms with Crippen LogP contribution in [0.15, 0.2) is 14.3 Å². The van der Waals surface area contributed by atoms with Crippen LogP contribution in [0.2, 0.25) is 0 Å². The molecular formula is C11H12Br2N2S. The molecule has 2 atom stereocenters. The molecule has 1 saturated carbocycles. The largest absolute Gasteiger partial charge is 0.308 e. The smallest absolute Gasteiger partial charge is 0.0843 e. The highest BCUT2D eigenvalue weighted by Gasteiger charge is 2.26. The Balaban J connectivity index is 1.90. The summed E-state index contributed by atoms with van der Waals surface area (Å²) in [7, 11) is 0. The molecule has 0 amide bonds. The molecule has 1 fully saturated rings. The van der Waals surface area contributed by atoms with Gasteiger partial charge in [0.15, 0.2) is 0 Å². The fourth-order valence-corrected chi connectivity index (χ4v) is 4.20. The molecule has 2 unspecified atom stereocenters. The Kier molecular flexibility index (Phi) is 4.42. The zero-order chi connectivity index (χ0) is 11.5. The zero-order valence-corrected chi connectivity index (χ0v) is 12.7. The van der Waals surface area contributed by atoms with Gasteiger partial charge in [-0.05, 0) is 50.8 Å². The Hall–Kier alpha value is 0.110. The lowest BCUT2D eigenvalue weighted by molar-refractivity contribution is 0.466. The lowest BCUT2D eigenvalue weighted by Gasteiger charge is -2.14. The van der Waals surface area contributed by atoms with Gasteiger partial charge in [0.1, 0.15) is 0 Å². The molecule has 0 spiro atoms. The number of nitrogens with one attached hydrogen (secondary N) is 1. The summed E-state index contributed by atoms with van der Waals surface area (Å²) in [6.07, 6.45) is 3.35. The van der Waals surface area contributed by atoms with Gasteiger partial charge < -0.3 is 5.32 Å². The van der Waals surface area contributed by atoms with Gasteiger partial charge in [0.2, 0.25) is 0 Å². The number of rotatable bonds is 3. The zero-order valence-electron chi connectivity index (χ0n) is 8.67. The van der Waals surface area contributed by atoms with E-state index in [1.807, 2.05) is 0 Å². The number of nitrogens with zero attached hydrogens (tertiary/aromatic N) is 1. The second-order valence-corrected chi connectivity index (χ2v) is 7.30. The maximum atomic E-state index is 8.98. The van der Waals surface area contributed by atoms with Crippen molar-refractivity contribution in [3.63, 3.8) is 0 Å². The average Bonchev–Trinajstić information content (AvgIpc) is 2.83. The van der Waals surface area contributed by atoms with Crippen molar-refractivity contribution in [2.45, 2.75) is 31.8 Å². The van der Waals surface area contributed by atoms with Crippen LogP contribution in [-0.4, -0.2) is 6.04 Å². The fraction of sp³-hybridized carbons (Fsp3) is 0.545. The van der Waals surface area contributed by atoms with Gasteiger partial charge in [-0.3, -0.25) is 0 Å². The van der Waals surface area contributed by atoms with Gasteiger partial charge in [-0.1, -0.05) is 6.42 Å². The molecule has 0 saturated heterocycles. The first-order valence-electron chi connectivity index (χ1n) is 5.27. The van der Waals surface area contributed by atoms with Crippen LogP contribution in [-0.2, 0) is 6.54 Å². The van der Waals surface area contributed by atoms with E-state index < -0.39 is 0 Å². The Labute approximate surface area is 116 Å². The Morgan fingerprint density at radius 2 is 2.31 bits per heavy atom. The number of hydrogen-bond donors (Lipinski definition) is 1. The molecule has 0 bridgehead atoms. The molecule has 86 valence electrons. The van der Waals surface area contributed by atoms with Crippen molar-refractivity contribution in [1.82, 2.24) is 5.32 Å². The van der Waals surface area contributed by atoms with Crippen LogP contribution in [0.1, 0.15) is 24.1 Å². The summed E-state index contributed by atoms with van der Waals surface area (Å²) < 4.78 is 2.24. The second kappa shape index (κ2) is 5.63. The highest BCUT2D eigenvalue weighted by atomic mass is 79.9. The first kappa shape index (κ1) is 12.6. The summed E-state index contributed by atoms with van der Waals surface area (Å²) in [5.41, 5.74) is 0. The SMILES string of the molecule is N#CC1CCCC1NCc1cc(Br)c(Br)s1. The summed E-state index contributed by atoms with van der Waals surface area (Å²) in [6.45, 7) is 0.859. The molecule has 1 heterocycles. The molecule has 0 aliphatic heterocycles. The van der Waals surface area contributed by atoms with Crippen molar-refractivity contribution < 1.29 is 0 Å². The predicted molar refractivity (Wildman–Crippen MR) is 73.3 cm³/mol. The van der Waals surface area contributed by atoms with Crippen LogP contribution in [0.4, 0.5) is 0 Å². The van der Waals surface area contributed by atoms with Crippen LogP contribution in [0.3, 0.4) is 0 Å². The summed E-state index contributed by atoms with van der Waals surface area (Å²) >= 11 is 8.70. The van der Waals surface area contributed by atoms with E-state index in [9.17, 15) is 0 Å². The van der Waals surface area contributed by atoms with Crippen LogP contribution < -0.4 is 5.32 Å². The first-order chi connectivity index (χ1) is 7.70. The third-order valence-corrected chi connectivity index (χ3v) is 6.17. The Morgan fingerprint density at radius 3 is 2.94 bits per heavy atom. The molecular weight excluding hydrogens is 352 g/mol. The van der Waals surface area contributed by atoms with Crippen molar-refractivity contribution in [3.05, 3.63) is 19.2 Å². The minimum atomic E-state index is 0.201. The molecule has 1 aromatic rings. The molecule has 1 aliphatic rings. The number of halogens is 2. The Morgan fingerprint density at radius 1 is 1.50 bits per heavy atom. The van der Waals surface area contributed by atoms with Gasteiger partial charge in [0.25, 0.3) is 0 Å².